The molecule has 0 amide bonds. The van der Waals surface area contributed by atoms with Crippen molar-refractivity contribution in [3.8, 4) is 5.75 Å². The van der Waals surface area contributed by atoms with Crippen LogP contribution in [-0.2, 0) is 0 Å². The number of aromatic hydroxyl groups is 1. The molecule has 1 rings (SSSR count). The molecule has 1 atom stereocenters. The van der Waals surface area contributed by atoms with Gasteiger partial charge in [-0.2, -0.15) is 0 Å². The molecule has 15 heavy (non-hydrogen) atoms. The molecule has 0 bridgehead atoms. The summed E-state index contributed by atoms with van der Waals surface area (Å²) in [6, 6.07) is 5.71. The number of nitrogens with two attached hydrogens (primary N) is 1. The van der Waals surface area contributed by atoms with Crippen LogP contribution in [0.4, 0.5) is 0 Å². The highest BCUT2D eigenvalue weighted by Crippen LogP contribution is 2.28. The van der Waals surface area contributed by atoms with Gasteiger partial charge in [-0.05, 0) is 18.9 Å². The van der Waals surface area contributed by atoms with Crippen molar-refractivity contribution in [3.63, 3.8) is 0 Å². The highest BCUT2D eigenvalue weighted by atomic mass is 35.5. The highest BCUT2D eigenvalue weighted by Gasteiger charge is 2.10. The van der Waals surface area contributed by atoms with Crippen LogP contribution < -0.4 is 5.73 Å². The lowest BCUT2D eigenvalue weighted by molar-refractivity contribution is 0.452. The monoisotopic (exact) mass is 229 g/mol. The van der Waals surface area contributed by atoms with E-state index in [0.29, 0.717) is 5.75 Å². The van der Waals surface area contributed by atoms with E-state index in [-0.39, 0.29) is 18.4 Å². The summed E-state index contributed by atoms with van der Waals surface area (Å²) in [4.78, 5) is 0. The van der Waals surface area contributed by atoms with E-state index in [1.54, 1.807) is 0 Å². The third-order valence-corrected chi connectivity index (χ3v) is 2.54. The van der Waals surface area contributed by atoms with Crippen LogP contribution in [0.1, 0.15) is 43.4 Å². The molecule has 0 aliphatic carbocycles. The number of phenols is 1. The van der Waals surface area contributed by atoms with Crippen LogP contribution in [0.15, 0.2) is 18.2 Å². The molecule has 0 heterocycles. The summed E-state index contributed by atoms with van der Waals surface area (Å²) in [5.41, 5.74) is 7.76. The van der Waals surface area contributed by atoms with Gasteiger partial charge in [-0.1, -0.05) is 38.0 Å². The Hall–Kier alpha value is -0.730. The molecule has 0 saturated carbocycles. The molecule has 3 heteroatoms. The number of unbranched alkanes of at least 4 members (excludes halogenated alkanes) is 1. The van der Waals surface area contributed by atoms with Gasteiger partial charge in [0.1, 0.15) is 5.75 Å². The van der Waals surface area contributed by atoms with Gasteiger partial charge in [0.2, 0.25) is 0 Å². The smallest absolute Gasteiger partial charge is 0.123 e. The van der Waals surface area contributed by atoms with E-state index in [0.717, 1.165) is 30.4 Å². The molecule has 0 unspecified atom stereocenters. The van der Waals surface area contributed by atoms with Gasteiger partial charge in [0.25, 0.3) is 0 Å². The first-order chi connectivity index (χ1) is 6.66. The fourth-order valence-electron chi connectivity index (χ4n) is 1.56. The molecule has 0 aliphatic rings. The molecule has 1 aromatic rings. The second-order valence-electron chi connectivity index (χ2n) is 3.76. The molecule has 0 aromatic heterocycles. The van der Waals surface area contributed by atoms with E-state index in [4.69, 9.17) is 5.73 Å². The average Bonchev–Trinajstić information content (AvgIpc) is 2.18. The van der Waals surface area contributed by atoms with Crippen LogP contribution in [0.2, 0.25) is 0 Å². The van der Waals surface area contributed by atoms with Gasteiger partial charge < -0.3 is 10.8 Å². The van der Waals surface area contributed by atoms with E-state index in [1.165, 1.54) is 0 Å². The third kappa shape index (κ3) is 3.73. The normalized spacial score (nSPS) is 11.9. The molecular formula is C12H20ClNO. The summed E-state index contributed by atoms with van der Waals surface area (Å²) >= 11 is 0. The maximum absolute atomic E-state index is 9.79. The molecule has 0 spiro atoms. The van der Waals surface area contributed by atoms with Crippen molar-refractivity contribution < 1.29 is 5.11 Å². The maximum atomic E-state index is 9.79. The van der Waals surface area contributed by atoms with E-state index >= 15 is 0 Å². The Balaban J connectivity index is 0.00000196. The number of hydrogen-bond acceptors (Lipinski definition) is 2. The van der Waals surface area contributed by atoms with Crippen LogP contribution in [0.5, 0.6) is 5.75 Å². The molecular weight excluding hydrogens is 210 g/mol. The fraction of sp³-hybridized carbons (Fsp3) is 0.500. The Morgan fingerprint density at radius 1 is 1.40 bits per heavy atom. The zero-order chi connectivity index (χ0) is 10.6. The number of halogens is 1. The number of hydrogen-bond donors (Lipinski definition) is 2. The van der Waals surface area contributed by atoms with Gasteiger partial charge in [-0.15, -0.1) is 12.4 Å². The van der Waals surface area contributed by atoms with Gasteiger partial charge in [0, 0.05) is 11.6 Å². The standard InChI is InChI=1S/C12H19NO.ClH/c1-3-4-8-11(13)10-7-5-6-9(2)12(10)14;/h5-7,11,14H,3-4,8,13H2,1-2H3;1H/t11-;/m0./s1. The first-order valence-electron chi connectivity index (χ1n) is 5.20. The lowest BCUT2D eigenvalue weighted by atomic mass is 9.99. The zero-order valence-corrected chi connectivity index (χ0v) is 10.2. The molecule has 2 nitrogen and oxygen atoms in total. The minimum atomic E-state index is -0.0325. The van der Waals surface area contributed by atoms with Crippen LogP contribution in [0.3, 0.4) is 0 Å². The third-order valence-electron chi connectivity index (χ3n) is 2.54. The van der Waals surface area contributed by atoms with Crippen molar-refractivity contribution in [2.75, 3.05) is 0 Å². The Labute approximate surface area is 97.9 Å². The minimum absolute atomic E-state index is 0. The van der Waals surface area contributed by atoms with Crippen molar-refractivity contribution in [2.24, 2.45) is 5.73 Å². The van der Waals surface area contributed by atoms with Crippen molar-refractivity contribution >= 4 is 12.4 Å². The Bertz CT molecular complexity index is 302. The summed E-state index contributed by atoms with van der Waals surface area (Å²) in [5, 5.41) is 9.79. The zero-order valence-electron chi connectivity index (χ0n) is 9.36. The average molecular weight is 230 g/mol. The predicted octanol–water partition coefficient (Wildman–Crippen LogP) is 3.31. The molecule has 0 fully saturated rings. The molecule has 0 aliphatic heterocycles. The van der Waals surface area contributed by atoms with Crippen molar-refractivity contribution in [3.05, 3.63) is 29.3 Å². The number of rotatable bonds is 4. The quantitative estimate of drug-likeness (QED) is 0.832. The summed E-state index contributed by atoms with van der Waals surface area (Å²) in [5.74, 6) is 0.358. The summed E-state index contributed by atoms with van der Waals surface area (Å²) in [6.07, 6.45) is 3.18. The van der Waals surface area contributed by atoms with E-state index in [9.17, 15) is 5.11 Å². The number of benzene rings is 1. The van der Waals surface area contributed by atoms with Gasteiger partial charge in [0.15, 0.2) is 0 Å². The van der Waals surface area contributed by atoms with Crippen LogP contribution >= 0.6 is 12.4 Å². The minimum Gasteiger partial charge on any atom is -0.507 e. The molecule has 0 radical (unpaired) electrons. The molecule has 86 valence electrons. The fourth-order valence-corrected chi connectivity index (χ4v) is 1.56. The molecule has 3 N–H and O–H groups in total. The first kappa shape index (κ1) is 14.3. The highest BCUT2D eigenvalue weighted by molar-refractivity contribution is 5.85. The Morgan fingerprint density at radius 2 is 2.07 bits per heavy atom. The van der Waals surface area contributed by atoms with Crippen LogP contribution in [0.25, 0.3) is 0 Å². The summed E-state index contributed by atoms with van der Waals surface area (Å²) in [6.45, 7) is 4.04. The lowest BCUT2D eigenvalue weighted by Crippen LogP contribution is -2.10. The lowest BCUT2D eigenvalue weighted by Gasteiger charge is -2.14. The van der Waals surface area contributed by atoms with Crippen LogP contribution in [0, 0.1) is 6.92 Å². The van der Waals surface area contributed by atoms with Gasteiger partial charge in [-0.3, -0.25) is 0 Å². The van der Waals surface area contributed by atoms with Gasteiger partial charge in [0.05, 0.1) is 0 Å². The maximum Gasteiger partial charge on any atom is 0.123 e. The van der Waals surface area contributed by atoms with Crippen molar-refractivity contribution in [1.29, 1.82) is 0 Å². The second-order valence-corrected chi connectivity index (χ2v) is 3.76. The Morgan fingerprint density at radius 3 is 2.67 bits per heavy atom. The largest absolute Gasteiger partial charge is 0.507 e. The summed E-state index contributed by atoms with van der Waals surface area (Å²) in [7, 11) is 0. The first-order valence-corrected chi connectivity index (χ1v) is 5.20. The molecule has 0 saturated heterocycles. The van der Waals surface area contributed by atoms with E-state index in [2.05, 4.69) is 6.92 Å². The predicted molar refractivity (Wildman–Crippen MR) is 66.5 cm³/mol. The van der Waals surface area contributed by atoms with E-state index in [1.807, 2.05) is 25.1 Å². The molecule has 1 aromatic carbocycles. The Kier molecular flexibility index (Phi) is 6.37. The number of aryl methyl sites for hydroxylation is 1. The summed E-state index contributed by atoms with van der Waals surface area (Å²) < 4.78 is 0. The van der Waals surface area contributed by atoms with Gasteiger partial charge >= 0.3 is 0 Å². The SMILES string of the molecule is CCCC[C@H](N)c1cccc(C)c1O.Cl. The number of phenolic OH excluding ortho intramolecular Hbond substituents is 1. The second kappa shape index (κ2) is 6.70. The number of para-hydroxylation sites is 1. The van der Waals surface area contributed by atoms with Gasteiger partial charge in [-0.25, -0.2) is 0 Å². The van der Waals surface area contributed by atoms with Crippen molar-refractivity contribution in [1.82, 2.24) is 0 Å². The van der Waals surface area contributed by atoms with E-state index < -0.39 is 0 Å². The van der Waals surface area contributed by atoms with Crippen LogP contribution in [-0.4, -0.2) is 5.11 Å². The topological polar surface area (TPSA) is 46.2 Å². The van der Waals surface area contributed by atoms with Crippen molar-refractivity contribution in [2.45, 2.75) is 39.2 Å².